The summed E-state index contributed by atoms with van der Waals surface area (Å²) in [6.45, 7) is 8.10. The minimum absolute atomic E-state index is 0.146. The van der Waals surface area contributed by atoms with Crippen LogP contribution < -0.4 is 0 Å². The molecule has 0 aliphatic rings. The van der Waals surface area contributed by atoms with Gasteiger partial charge >= 0.3 is 5.97 Å². The second kappa shape index (κ2) is 5.53. The van der Waals surface area contributed by atoms with E-state index in [-0.39, 0.29) is 11.1 Å². The minimum atomic E-state index is -0.530. The fraction of sp³-hybridized carbons (Fsp3) is 0.375. The Morgan fingerprint density at radius 2 is 1.90 bits per heavy atom. The maximum Gasteiger partial charge on any atom is 0.360 e. The van der Waals surface area contributed by atoms with Gasteiger partial charge in [-0.05, 0) is 18.6 Å². The van der Waals surface area contributed by atoms with Gasteiger partial charge in [0.15, 0.2) is 5.69 Å². The molecule has 0 saturated carbocycles. The molecule has 0 aliphatic heterocycles. The van der Waals surface area contributed by atoms with Gasteiger partial charge in [-0.1, -0.05) is 50.6 Å². The van der Waals surface area contributed by atoms with E-state index >= 15 is 0 Å². The molecule has 1 aromatic carbocycles. The zero-order valence-electron chi connectivity index (χ0n) is 12.9. The first kappa shape index (κ1) is 15.6. The zero-order valence-corrected chi connectivity index (χ0v) is 13.7. The number of carbonyl (C=O) groups excluding carboxylic acids is 1. The number of hydrogen-bond donors (Lipinski definition) is 0. The van der Waals surface area contributed by atoms with Crippen LogP contribution in [0.1, 0.15) is 42.5 Å². The number of aryl methyl sites for hydroxylation is 1. The van der Waals surface area contributed by atoms with Crippen LogP contribution in [0.3, 0.4) is 0 Å². The van der Waals surface area contributed by atoms with Crippen molar-refractivity contribution >= 4 is 17.6 Å². The van der Waals surface area contributed by atoms with Crippen LogP contribution in [0, 0.1) is 6.92 Å². The van der Waals surface area contributed by atoms with Crippen LogP contribution in [0.4, 0.5) is 0 Å². The Labute approximate surface area is 129 Å². The van der Waals surface area contributed by atoms with Crippen LogP contribution >= 0.6 is 11.6 Å². The summed E-state index contributed by atoms with van der Waals surface area (Å²) in [5.74, 6) is -0.530. The molecule has 0 amide bonds. The molecule has 0 bridgehead atoms. The smallest absolute Gasteiger partial charge is 0.360 e. The fourth-order valence-electron chi connectivity index (χ4n) is 2.25. The van der Waals surface area contributed by atoms with Gasteiger partial charge in [0.25, 0.3) is 0 Å². The van der Waals surface area contributed by atoms with Crippen molar-refractivity contribution < 1.29 is 9.53 Å². The third-order valence-corrected chi connectivity index (χ3v) is 3.62. The van der Waals surface area contributed by atoms with Gasteiger partial charge < -0.3 is 4.74 Å². The van der Waals surface area contributed by atoms with Gasteiger partial charge in [0, 0.05) is 5.41 Å². The molecule has 0 radical (unpaired) electrons. The molecule has 0 unspecified atom stereocenters. The van der Waals surface area contributed by atoms with Crippen molar-refractivity contribution in [1.29, 1.82) is 0 Å². The third-order valence-electron chi connectivity index (χ3n) is 3.26. The molecule has 0 spiro atoms. The Hall–Kier alpha value is -1.81. The highest BCUT2D eigenvalue weighted by Gasteiger charge is 2.30. The highest BCUT2D eigenvalue weighted by molar-refractivity contribution is 6.34. The van der Waals surface area contributed by atoms with Gasteiger partial charge in [0.05, 0.1) is 23.5 Å². The normalized spacial score (nSPS) is 11.5. The molecule has 4 nitrogen and oxygen atoms in total. The van der Waals surface area contributed by atoms with Crippen molar-refractivity contribution in [1.82, 2.24) is 9.78 Å². The second-order valence-corrected chi connectivity index (χ2v) is 6.33. The quantitative estimate of drug-likeness (QED) is 0.790. The average Bonchev–Trinajstić information content (AvgIpc) is 2.75. The molecule has 0 saturated heterocycles. The molecule has 1 aromatic heterocycles. The number of carbonyl (C=O) groups is 1. The first-order valence-electron chi connectivity index (χ1n) is 6.70. The summed E-state index contributed by atoms with van der Waals surface area (Å²) in [6.07, 6.45) is 0. The summed E-state index contributed by atoms with van der Waals surface area (Å²) in [7, 11) is 1.32. The molecular formula is C16H19ClN2O2. The number of halogens is 1. The number of methoxy groups -OCH3 is 1. The highest BCUT2D eigenvalue weighted by atomic mass is 35.5. The standard InChI is InChI=1S/C16H19ClN2O2/c1-10-8-6-7-9-11(10)19-14(16(2,3)4)12(17)13(18-19)15(20)21-5/h6-9H,1-5H3. The highest BCUT2D eigenvalue weighted by Crippen LogP contribution is 2.34. The molecule has 0 N–H and O–H groups in total. The molecule has 21 heavy (non-hydrogen) atoms. The number of aromatic nitrogens is 2. The fourth-order valence-corrected chi connectivity index (χ4v) is 2.73. The van der Waals surface area contributed by atoms with Crippen molar-refractivity contribution in [3.63, 3.8) is 0 Å². The Balaban J connectivity index is 2.77. The third kappa shape index (κ3) is 2.81. The SMILES string of the molecule is COC(=O)c1nn(-c2ccccc2C)c(C(C)(C)C)c1Cl. The first-order chi connectivity index (χ1) is 9.77. The van der Waals surface area contributed by atoms with Gasteiger partial charge in [0.1, 0.15) is 0 Å². The second-order valence-electron chi connectivity index (χ2n) is 5.95. The molecular weight excluding hydrogens is 288 g/mol. The van der Waals surface area contributed by atoms with Crippen LogP contribution in [-0.4, -0.2) is 22.9 Å². The number of rotatable bonds is 2. The number of nitrogens with zero attached hydrogens (tertiary/aromatic N) is 2. The van der Waals surface area contributed by atoms with E-state index < -0.39 is 5.97 Å². The largest absolute Gasteiger partial charge is 0.464 e. The van der Waals surface area contributed by atoms with Gasteiger partial charge in [-0.25, -0.2) is 9.48 Å². The number of para-hydroxylation sites is 1. The Morgan fingerprint density at radius 3 is 2.43 bits per heavy atom. The van der Waals surface area contributed by atoms with Crippen LogP contribution in [0.5, 0.6) is 0 Å². The molecule has 2 rings (SSSR count). The number of esters is 1. The molecule has 112 valence electrons. The van der Waals surface area contributed by atoms with Crippen molar-refractivity contribution in [2.45, 2.75) is 33.1 Å². The van der Waals surface area contributed by atoms with E-state index in [2.05, 4.69) is 5.10 Å². The van der Waals surface area contributed by atoms with Crippen LogP contribution in [0.2, 0.25) is 5.02 Å². The Morgan fingerprint density at radius 1 is 1.29 bits per heavy atom. The summed E-state index contributed by atoms with van der Waals surface area (Å²) >= 11 is 6.41. The number of ether oxygens (including phenoxy) is 1. The maximum absolute atomic E-state index is 11.9. The summed E-state index contributed by atoms with van der Waals surface area (Å²) in [4.78, 5) is 11.9. The van der Waals surface area contributed by atoms with Crippen molar-refractivity contribution in [2.75, 3.05) is 7.11 Å². The maximum atomic E-state index is 11.9. The van der Waals surface area contributed by atoms with Gasteiger partial charge in [-0.15, -0.1) is 0 Å². The Bertz CT molecular complexity index is 684. The summed E-state index contributed by atoms with van der Waals surface area (Å²) in [5.41, 5.74) is 2.63. The monoisotopic (exact) mass is 306 g/mol. The van der Waals surface area contributed by atoms with Crippen LogP contribution in [0.15, 0.2) is 24.3 Å². The van der Waals surface area contributed by atoms with Crippen molar-refractivity contribution in [3.8, 4) is 5.69 Å². The molecule has 0 fully saturated rings. The average molecular weight is 307 g/mol. The first-order valence-corrected chi connectivity index (χ1v) is 7.08. The van der Waals surface area contributed by atoms with E-state index in [9.17, 15) is 4.79 Å². The molecule has 5 heteroatoms. The van der Waals surface area contributed by atoms with Gasteiger partial charge in [-0.3, -0.25) is 0 Å². The number of benzene rings is 1. The van der Waals surface area contributed by atoms with E-state index in [1.54, 1.807) is 4.68 Å². The molecule has 1 heterocycles. The molecule has 2 aromatic rings. The van der Waals surface area contributed by atoms with E-state index in [1.165, 1.54) is 7.11 Å². The van der Waals surface area contributed by atoms with Crippen LogP contribution in [0.25, 0.3) is 5.69 Å². The van der Waals surface area contributed by atoms with E-state index in [0.29, 0.717) is 5.02 Å². The van der Waals surface area contributed by atoms with E-state index in [1.807, 2.05) is 52.0 Å². The molecule has 0 aliphatic carbocycles. The molecule has 0 atom stereocenters. The summed E-state index contributed by atoms with van der Waals surface area (Å²) < 4.78 is 6.50. The lowest BCUT2D eigenvalue weighted by molar-refractivity contribution is 0.0593. The van der Waals surface area contributed by atoms with E-state index in [0.717, 1.165) is 16.9 Å². The lowest BCUT2D eigenvalue weighted by atomic mass is 9.91. The predicted octanol–water partition coefficient (Wildman–Crippen LogP) is 3.92. The van der Waals surface area contributed by atoms with Gasteiger partial charge in [-0.2, -0.15) is 5.10 Å². The van der Waals surface area contributed by atoms with E-state index in [4.69, 9.17) is 16.3 Å². The Kier molecular flexibility index (Phi) is 4.10. The van der Waals surface area contributed by atoms with Crippen molar-refractivity contribution in [3.05, 3.63) is 46.2 Å². The lowest BCUT2D eigenvalue weighted by Crippen LogP contribution is -2.18. The van der Waals surface area contributed by atoms with Crippen LogP contribution in [-0.2, 0) is 10.2 Å². The summed E-state index contributed by atoms with van der Waals surface area (Å²) in [5, 5.41) is 4.73. The van der Waals surface area contributed by atoms with Crippen molar-refractivity contribution in [2.24, 2.45) is 0 Å². The minimum Gasteiger partial charge on any atom is -0.464 e. The summed E-state index contributed by atoms with van der Waals surface area (Å²) in [6, 6.07) is 7.84. The number of hydrogen-bond acceptors (Lipinski definition) is 3. The predicted molar refractivity (Wildman–Crippen MR) is 83.4 cm³/mol. The van der Waals surface area contributed by atoms with Gasteiger partial charge in [0.2, 0.25) is 0 Å². The topological polar surface area (TPSA) is 44.1 Å². The zero-order chi connectivity index (χ0) is 15.8. The lowest BCUT2D eigenvalue weighted by Gasteiger charge is -2.21.